The van der Waals surface area contributed by atoms with Crippen LogP contribution >= 0.6 is 0 Å². The highest BCUT2D eigenvalue weighted by atomic mass is 16.5. The van der Waals surface area contributed by atoms with Crippen LogP contribution in [-0.2, 0) is 19.1 Å². The highest BCUT2D eigenvalue weighted by Gasteiger charge is 2.74. The van der Waals surface area contributed by atoms with Crippen LogP contribution in [0.25, 0.3) is 0 Å². The number of likely N-dealkylation sites (tertiary alicyclic amines) is 1. The predicted molar refractivity (Wildman–Crippen MR) is 117 cm³/mol. The van der Waals surface area contributed by atoms with Crippen molar-refractivity contribution in [1.82, 2.24) is 15.5 Å². The summed E-state index contributed by atoms with van der Waals surface area (Å²) in [7, 11) is 0. The second-order valence-corrected chi connectivity index (χ2v) is 10.9. The minimum Gasteiger partial charge on any atom is -0.359 e. The van der Waals surface area contributed by atoms with Gasteiger partial charge in [0.05, 0.1) is 17.9 Å². The van der Waals surface area contributed by atoms with Gasteiger partial charge in [-0.05, 0) is 38.5 Å². The summed E-state index contributed by atoms with van der Waals surface area (Å²) in [4.78, 5) is 42.5. The van der Waals surface area contributed by atoms with Crippen LogP contribution in [0.4, 0.5) is 0 Å². The van der Waals surface area contributed by atoms with Crippen LogP contribution in [-0.4, -0.2) is 58.5 Å². The first-order valence-electron chi connectivity index (χ1n) is 12.9. The lowest BCUT2D eigenvalue weighted by Crippen LogP contribution is -2.57. The number of hydrogen-bond acceptors (Lipinski definition) is 4. The normalized spacial score (nSPS) is 39.4. The van der Waals surface area contributed by atoms with Gasteiger partial charge in [0.15, 0.2) is 0 Å². The van der Waals surface area contributed by atoms with Gasteiger partial charge >= 0.3 is 0 Å². The molecule has 0 aromatic heterocycles. The van der Waals surface area contributed by atoms with E-state index in [4.69, 9.17) is 4.74 Å². The highest BCUT2D eigenvalue weighted by Crippen LogP contribution is 2.57. The molecule has 7 nitrogen and oxygen atoms in total. The topological polar surface area (TPSA) is 87.7 Å². The summed E-state index contributed by atoms with van der Waals surface area (Å²) >= 11 is 0. The molecule has 7 heteroatoms. The van der Waals surface area contributed by atoms with Gasteiger partial charge in [-0.2, -0.15) is 0 Å². The average Bonchev–Trinajstić information content (AvgIpc) is 3.39. The lowest BCUT2D eigenvalue weighted by Gasteiger charge is -2.34. The molecule has 3 amide bonds. The van der Waals surface area contributed by atoms with Gasteiger partial charge in [-0.25, -0.2) is 0 Å². The van der Waals surface area contributed by atoms with Crippen molar-refractivity contribution in [2.75, 3.05) is 0 Å². The Labute approximate surface area is 189 Å². The van der Waals surface area contributed by atoms with Gasteiger partial charge in [0.2, 0.25) is 17.7 Å². The van der Waals surface area contributed by atoms with Gasteiger partial charge < -0.3 is 20.3 Å². The Kier molecular flexibility index (Phi) is 5.08. The van der Waals surface area contributed by atoms with Crippen molar-refractivity contribution in [1.29, 1.82) is 0 Å². The van der Waals surface area contributed by atoms with Crippen molar-refractivity contribution in [2.45, 2.75) is 113 Å². The van der Waals surface area contributed by atoms with Crippen molar-refractivity contribution in [3.8, 4) is 0 Å². The number of nitrogens with one attached hydrogen (secondary N) is 2. The van der Waals surface area contributed by atoms with Gasteiger partial charge in [-0.1, -0.05) is 50.7 Å². The van der Waals surface area contributed by atoms with Gasteiger partial charge in [0.1, 0.15) is 11.6 Å². The predicted octanol–water partition coefficient (Wildman–Crippen LogP) is 2.20. The number of ether oxygens (including phenoxy) is 1. The maximum Gasteiger partial charge on any atom is 0.246 e. The first-order chi connectivity index (χ1) is 15.6. The molecule has 2 N–H and O–H groups in total. The molecule has 5 fully saturated rings. The van der Waals surface area contributed by atoms with Crippen LogP contribution in [0.2, 0.25) is 0 Å². The lowest BCUT2D eigenvalue weighted by atomic mass is 9.74. The Morgan fingerprint density at radius 2 is 1.47 bits per heavy atom. The molecule has 6 rings (SSSR count). The van der Waals surface area contributed by atoms with Crippen LogP contribution in [0.5, 0.6) is 0 Å². The van der Waals surface area contributed by atoms with E-state index in [-0.39, 0.29) is 35.8 Å². The minimum atomic E-state index is -1.00. The molecule has 3 aliphatic heterocycles. The van der Waals surface area contributed by atoms with E-state index in [1.54, 1.807) is 4.90 Å². The van der Waals surface area contributed by atoms with E-state index < -0.39 is 29.6 Å². The van der Waals surface area contributed by atoms with Crippen molar-refractivity contribution in [3.05, 3.63) is 12.2 Å². The number of rotatable bonds is 5. The maximum atomic E-state index is 13.7. The number of amides is 3. The zero-order valence-corrected chi connectivity index (χ0v) is 18.8. The molecule has 0 aromatic carbocycles. The van der Waals surface area contributed by atoms with E-state index in [1.807, 2.05) is 12.2 Å². The number of carbonyl (C=O) groups excluding carboxylic acids is 3. The largest absolute Gasteiger partial charge is 0.359 e. The fraction of sp³-hybridized carbons (Fsp3) is 0.800. The molecule has 1 spiro atoms. The summed E-state index contributed by atoms with van der Waals surface area (Å²) in [6.07, 6.45) is 16.3. The number of nitrogens with zero attached hydrogens (tertiary/aromatic N) is 1. The van der Waals surface area contributed by atoms with Gasteiger partial charge in [-0.3, -0.25) is 14.4 Å². The molecule has 3 saturated carbocycles. The monoisotopic (exact) mass is 441 g/mol. The zero-order valence-electron chi connectivity index (χ0n) is 18.8. The lowest BCUT2D eigenvalue weighted by molar-refractivity contribution is -0.142. The maximum absolute atomic E-state index is 13.7. The summed E-state index contributed by atoms with van der Waals surface area (Å²) in [5.41, 5.74) is -1.00. The van der Waals surface area contributed by atoms with Gasteiger partial charge in [-0.15, -0.1) is 0 Å². The first kappa shape index (κ1) is 20.7. The summed E-state index contributed by atoms with van der Waals surface area (Å²) < 4.78 is 6.41. The molecule has 5 atom stereocenters. The Hall–Kier alpha value is -1.89. The quantitative estimate of drug-likeness (QED) is 0.641. The molecule has 0 aromatic rings. The van der Waals surface area contributed by atoms with Crippen LogP contribution in [0.3, 0.4) is 0 Å². The molecule has 0 unspecified atom stereocenters. The van der Waals surface area contributed by atoms with Crippen LogP contribution < -0.4 is 10.6 Å². The Morgan fingerprint density at radius 3 is 2.06 bits per heavy atom. The molecule has 3 aliphatic carbocycles. The minimum absolute atomic E-state index is 0.0630. The van der Waals surface area contributed by atoms with Crippen molar-refractivity contribution in [2.24, 2.45) is 11.8 Å². The molecule has 6 aliphatic rings. The molecule has 32 heavy (non-hydrogen) atoms. The Balaban J connectivity index is 1.26. The molecule has 3 heterocycles. The van der Waals surface area contributed by atoms with Crippen LogP contribution in [0.15, 0.2) is 12.2 Å². The number of fused-ring (bicyclic) bond motifs is 1. The third-order valence-corrected chi connectivity index (χ3v) is 8.71. The zero-order chi connectivity index (χ0) is 21.9. The second kappa shape index (κ2) is 7.86. The molecule has 2 saturated heterocycles. The first-order valence-corrected chi connectivity index (χ1v) is 12.9. The van der Waals surface area contributed by atoms with E-state index in [2.05, 4.69) is 10.6 Å². The van der Waals surface area contributed by atoms with E-state index in [1.165, 1.54) is 12.8 Å². The summed E-state index contributed by atoms with van der Waals surface area (Å²) in [5.74, 6) is -1.37. The summed E-state index contributed by atoms with van der Waals surface area (Å²) in [6.45, 7) is 0. The van der Waals surface area contributed by atoms with Crippen molar-refractivity contribution >= 4 is 17.7 Å². The summed E-state index contributed by atoms with van der Waals surface area (Å²) in [5, 5.41) is 6.47. The SMILES string of the molecule is O=C(NC1CCCCC1)[C@H]1[C@@H]2C=C[C@]3(O2)[C@@H]1C(=O)N(C1CC1)[C@@H]3C(=O)NC1CCCCC1. The van der Waals surface area contributed by atoms with E-state index >= 15 is 0 Å². The van der Waals surface area contributed by atoms with E-state index in [9.17, 15) is 14.4 Å². The molecule has 2 bridgehead atoms. The van der Waals surface area contributed by atoms with E-state index in [0.29, 0.717) is 0 Å². The smallest absolute Gasteiger partial charge is 0.246 e. The molecule has 0 radical (unpaired) electrons. The third-order valence-electron chi connectivity index (χ3n) is 8.71. The Morgan fingerprint density at radius 1 is 0.875 bits per heavy atom. The van der Waals surface area contributed by atoms with Gasteiger partial charge in [0, 0.05) is 18.1 Å². The standard InChI is InChI=1S/C25H35N3O4/c29-22(26-15-7-3-1-4-8-15)19-18-13-14-25(32-18)20(19)24(31)28(17-11-12-17)21(25)23(30)27-16-9-5-2-6-10-16/h13-21H,1-12H2,(H,26,29)(H,27,30)/t18-,19-,20-,21+,25-/m0/s1. The van der Waals surface area contributed by atoms with E-state index in [0.717, 1.165) is 64.2 Å². The average molecular weight is 442 g/mol. The van der Waals surface area contributed by atoms with Gasteiger partial charge in [0.25, 0.3) is 0 Å². The Bertz CT molecular complexity index is 827. The van der Waals surface area contributed by atoms with Crippen LogP contribution in [0.1, 0.15) is 77.0 Å². The fourth-order valence-electron chi connectivity index (χ4n) is 7.02. The van der Waals surface area contributed by atoms with Crippen molar-refractivity contribution in [3.63, 3.8) is 0 Å². The fourth-order valence-corrected chi connectivity index (χ4v) is 7.02. The number of hydrogen-bond donors (Lipinski definition) is 2. The summed E-state index contributed by atoms with van der Waals surface area (Å²) in [6, 6.07) is -0.196. The second-order valence-electron chi connectivity index (χ2n) is 10.9. The molecular weight excluding hydrogens is 406 g/mol. The number of carbonyl (C=O) groups is 3. The van der Waals surface area contributed by atoms with Crippen molar-refractivity contribution < 1.29 is 19.1 Å². The third kappa shape index (κ3) is 3.22. The highest BCUT2D eigenvalue weighted by molar-refractivity contribution is 6.00. The molecule has 174 valence electrons. The van der Waals surface area contributed by atoms with Crippen LogP contribution in [0, 0.1) is 11.8 Å². The molecular formula is C25H35N3O4.